The number of benzene rings is 1. The first-order chi connectivity index (χ1) is 13.7. The number of aromatic nitrogens is 2. The van der Waals surface area contributed by atoms with Crippen molar-refractivity contribution in [2.75, 3.05) is 20.7 Å². The third-order valence-electron chi connectivity index (χ3n) is 6.28. The van der Waals surface area contributed by atoms with Crippen LogP contribution in [0.2, 0.25) is 0 Å². The fourth-order valence-corrected chi connectivity index (χ4v) is 4.89. The number of aryl methyl sites for hydroxylation is 1. The summed E-state index contributed by atoms with van der Waals surface area (Å²) in [6.45, 7) is 2.88. The Hall–Kier alpha value is -2.19. The number of alkyl halides is 3. The first-order valence-corrected chi connectivity index (χ1v) is 9.67. The molecule has 2 aromatic rings. The molecule has 1 aromatic carbocycles. The number of piperidine rings is 1. The predicted molar refractivity (Wildman–Crippen MR) is 101 cm³/mol. The Morgan fingerprint density at radius 3 is 2.55 bits per heavy atom. The second kappa shape index (κ2) is 7.25. The molecule has 156 valence electrons. The lowest BCUT2D eigenvalue weighted by Gasteiger charge is -2.32. The average molecular weight is 407 g/mol. The van der Waals surface area contributed by atoms with Crippen molar-refractivity contribution in [1.82, 2.24) is 15.1 Å². The van der Waals surface area contributed by atoms with Crippen LogP contribution in [0, 0.1) is 18.8 Å². The lowest BCUT2D eigenvalue weighted by atomic mass is 9.90. The molecule has 8 heteroatoms. The van der Waals surface area contributed by atoms with E-state index in [1.807, 2.05) is 6.92 Å². The minimum atomic E-state index is -4.45. The smallest absolute Gasteiger partial charge is 0.416 e. The normalized spacial score (nSPS) is 25.4. The summed E-state index contributed by atoms with van der Waals surface area (Å²) in [6, 6.07) is 5.44. The van der Waals surface area contributed by atoms with E-state index in [1.54, 1.807) is 6.07 Å². The molecule has 4 atom stereocenters. The predicted octanol–water partition coefficient (Wildman–Crippen LogP) is 3.85. The maximum Gasteiger partial charge on any atom is 0.416 e. The van der Waals surface area contributed by atoms with Crippen LogP contribution in [-0.2, 0) is 6.18 Å². The van der Waals surface area contributed by atoms with E-state index in [0.717, 1.165) is 37.1 Å². The quantitative estimate of drug-likeness (QED) is 0.834. The summed E-state index contributed by atoms with van der Waals surface area (Å²) >= 11 is 0. The molecular weight excluding hydrogens is 383 g/mol. The van der Waals surface area contributed by atoms with Gasteiger partial charge in [0.05, 0.1) is 24.1 Å². The minimum Gasteiger partial charge on any atom is -0.496 e. The molecular formula is C21H24F3N3O2. The van der Waals surface area contributed by atoms with Gasteiger partial charge < -0.3 is 14.7 Å². The van der Waals surface area contributed by atoms with Crippen LogP contribution in [0.25, 0.3) is 11.3 Å². The van der Waals surface area contributed by atoms with Crippen molar-refractivity contribution in [3.8, 4) is 17.0 Å². The van der Waals surface area contributed by atoms with Crippen LogP contribution in [0.3, 0.4) is 0 Å². The van der Waals surface area contributed by atoms with E-state index in [9.17, 15) is 18.3 Å². The van der Waals surface area contributed by atoms with Crippen molar-refractivity contribution in [2.45, 2.75) is 38.1 Å². The number of nitrogens with zero attached hydrogens (tertiary/aromatic N) is 3. The molecule has 2 fully saturated rings. The van der Waals surface area contributed by atoms with Gasteiger partial charge in [-0.2, -0.15) is 18.3 Å². The number of hydrogen-bond donors (Lipinski definition) is 1. The zero-order valence-corrected chi connectivity index (χ0v) is 16.6. The second-order valence-electron chi connectivity index (χ2n) is 8.17. The van der Waals surface area contributed by atoms with E-state index in [-0.39, 0.29) is 11.7 Å². The molecule has 1 aliphatic heterocycles. The van der Waals surface area contributed by atoms with Crippen molar-refractivity contribution in [3.05, 3.63) is 41.1 Å². The maximum absolute atomic E-state index is 13.0. The molecule has 1 aromatic heterocycles. The summed E-state index contributed by atoms with van der Waals surface area (Å²) in [5, 5.41) is 19.4. The number of likely N-dealkylation sites (tertiary alicyclic amines) is 1. The molecule has 5 nitrogen and oxygen atoms in total. The topological polar surface area (TPSA) is 58.5 Å². The molecule has 1 saturated heterocycles. The summed E-state index contributed by atoms with van der Waals surface area (Å²) in [4.78, 5) is 2.30. The summed E-state index contributed by atoms with van der Waals surface area (Å²) in [5.41, 5.74) is 1.32. The number of fused-ring (bicyclic) bond motifs is 2. The Bertz CT molecular complexity index is 919. The Balaban J connectivity index is 1.63. The van der Waals surface area contributed by atoms with Crippen LogP contribution in [0.5, 0.6) is 5.75 Å². The van der Waals surface area contributed by atoms with Crippen LogP contribution in [0.1, 0.15) is 35.8 Å². The van der Waals surface area contributed by atoms with Crippen molar-refractivity contribution in [1.29, 1.82) is 0 Å². The molecule has 4 rings (SSSR count). The number of hydrogen-bond acceptors (Lipinski definition) is 5. The van der Waals surface area contributed by atoms with E-state index in [4.69, 9.17) is 4.74 Å². The zero-order chi connectivity index (χ0) is 20.9. The van der Waals surface area contributed by atoms with E-state index in [0.29, 0.717) is 28.9 Å². The standard InChI is InChI=1S/C21H24F3N3O2/c1-11-6-16(20(28)15-7-12-8-17(15)27(2)10-12)25-26-19(11)14-5-4-13(21(22,23)24)9-18(14)29-3/h4-6,9,12,15,17,20,28H,7-8,10H2,1-3H3. The second-order valence-corrected chi connectivity index (χ2v) is 8.17. The van der Waals surface area contributed by atoms with Crippen LogP contribution in [0.4, 0.5) is 13.2 Å². The van der Waals surface area contributed by atoms with Gasteiger partial charge in [0.2, 0.25) is 0 Å². The summed E-state index contributed by atoms with van der Waals surface area (Å²) in [7, 11) is 3.41. The molecule has 29 heavy (non-hydrogen) atoms. The number of halogens is 3. The highest BCUT2D eigenvalue weighted by Crippen LogP contribution is 2.46. The van der Waals surface area contributed by atoms with E-state index < -0.39 is 17.8 Å². The minimum absolute atomic E-state index is 0.0836. The monoisotopic (exact) mass is 407 g/mol. The molecule has 2 bridgehead atoms. The average Bonchev–Trinajstić information content (AvgIpc) is 3.25. The van der Waals surface area contributed by atoms with E-state index in [1.165, 1.54) is 13.2 Å². The van der Waals surface area contributed by atoms with Gasteiger partial charge in [0, 0.05) is 24.1 Å². The van der Waals surface area contributed by atoms with Crippen LogP contribution < -0.4 is 4.74 Å². The highest BCUT2D eigenvalue weighted by molar-refractivity contribution is 5.70. The Morgan fingerprint density at radius 2 is 1.97 bits per heavy atom. The third-order valence-corrected chi connectivity index (χ3v) is 6.28. The van der Waals surface area contributed by atoms with Gasteiger partial charge in [-0.3, -0.25) is 0 Å². The van der Waals surface area contributed by atoms with Gasteiger partial charge in [0.15, 0.2) is 0 Å². The van der Waals surface area contributed by atoms with Gasteiger partial charge in [0.1, 0.15) is 11.9 Å². The number of aliphatic hydroxyl groups is 1. The van der Waals surface area contributed by atoms with Crippen molar-refractivity contribution >= 4 is 0 Å². The largest absolute Gasteiger partial charge is 0.496 e. The fraction of sp³-hybridized carbons (Fsp3) is 0.524. The Morgan fingerprint density at radius 1 is 1.21 bits per heavy atom. The van der Waals surface area contributed by atoms with Crippen molar-refractivity contribution < 1.29 is 23.0 Å². The molecule has 2 heterocycles. The first kappa shape index (κ1) is 20.1. The van der Waals surface area contributed by atoms with Gasteiger partial charge in [0.25, 0.3) is 0 Å². The highest BCUT2D eigenvalue weighted by Gasteiger charge is 2.46. The van der Waals surface area contributed by atoms with E-state index >= 15 is 0 Å². The molecule has 0 amide bonds. The summed E-state index contributed by atoms with van der Waals surface area (Å²) < 4.78 is 44.1. The number of aliphatic hydroxyl groups excluding tert-OH is 1. The highest BCUT2D eigenvalue weighted by atomic mass is 19.4. The Kier molecular flexibility index (Phi) is 5.02. The molecule has 1 N–H and O–H groups in total. The maximum atomic E-state index is 13.0. The molecule has 2 aliphatic rings. The zero-order valence-electron chi connectivity index (χ0n) is 16.6. The van der Waals surface area contributed by atoms with Crippen LogP contribution >= 0.6 is 0 Å². The van der Waals surface area contributed by atoms with Crippen LogP contribution in [0.15, 0.2) is 24.3 Å². The van der Waals surface area contributed by atoms with Gasteiger partial charge in [-0.15, -0.1) is 5.10 Å². The summed E-state index contributed by atoms with van der Waals surface area (Å²) in [6.07, 6.45) is -3.08. The first-order valence-electron chi connectivity index (χ1n) is 9.67. The molecule has 1 saturated carbocycles. The molecule has 0 spiro atoms. The number of rotatable bonds is 4. The Labute approximate surface area is 167 Å². The SMILES string of the molecule is COc1cc(C(F)(F)F)ccc1-c1nnc(C(O)C2CC3CC2N(C)C3)cc1C. The van der Waals surface area contributed by atoms with Gasteiger partial charge in [-0.25, -0.2) is 0 Å². The number of methoxy groups -OCH3 is 1. The van der Waals surface area contributed by atoms with Crippen molar-refractivity contribution in [2.24, 2.45) is 11.8 Å². The summed E-state index contributed by atoms with van der Waals surface area (Å²) in [5.74, 6) is 0.827. The third kappa shape index (κ3) is 3.59. The molecule has 4 unspecified atom stereocenters. The van der Waals surface area contributed by atoms with Gasteiger partial charge >= 0.3 is 6.18 Å². The number of ether oxygens (including phenoxy) is 1. The van der Waals surface area contributed by atoms with Crippen molar-refractivity contribution in [3.63, 3.8) is 0 Å². The lowest BCUT2D eigenvalue weighted by Crippen LogP contribution is -2.38. The van der Waals surface area contributed by atoms with Gasteiger partial charge in [-0.1, -0.05) is 0 Å². The molecule has 1 aliphatic carbocycles. The van der Waals surface area contributed by atoms with E-state index in [2.05, 4.69) is 22.1 Å². The van der Waals surface area contributed by atoms with Gasteiger partial charge in [-0.05, 0) is 62.6 Å². The molecule has 0 radical (unpaired) electrons. The van der Waals surface area contributed by atoms with Crippen LogP contribution in [-0.4, -0.2) is 46.9 Å². The lowest BCUT2D eigenvalue weighted by molar-refractivity contribution is -0.137. The fourth-order valence-electron chi connectivity index (χ4n) is 4.89.